The molecule has 3 heterocycles. The monoisotopic (exact) mass is 551 g/mol. The highest BCUT2D eigenvalue weighted by molar-refractivity contribution is 8.26. The van der Waals surface area contributed by atoms with E-state index >= 15 is 0 Å². The Morgan fingerprint density at radius 3 is 2.42 bits per heavy atom. The van der Waals surface area contributed by atoms with E-state index in [9.17, 15) is 14.9 Å². The van der Waals surface area contributed by atoms with Crippen molar-refractivity contribution in [2.24, 2.45) is 0 Å². The molecule has 0 N–H and O–H groups in total. The quantitative estimate of drug-likeness (QED) is 0.363. The predicted octanol–water partition coefficient (Wildman–Crippen LogP) is 3.64. The van der Waals surface area contributed by atoms with E-state index in [0.29, 0.717) is 34.3 Å². The van der Waals surface area contributed by atoms with Gasteiger partial charge in [0.1, 0.15) is 27.5 Å². The first-order valence-electron chi connectivity index (χ1n) is 12.8. The van der Waals surface area contributed by atoms with Crippen molar-refractivity contribution >= 4 is 46.1 Å². The number of thiocarbonyl (C=S) groups is 1. The molecule has 2 saturated heterocycles. The van der Waals surface area contributed by atoms with Crippen LogP contribution in [0.15, 0.2) is 34.0 Å². The third kappa shape index (κ3) is 5.65. The standard InChI is InChI=1S/C28H33N5O3S2/c1-5-11-32-25(31-15-13-30(3)14-16-31)22(19(2)23(18-29)26(32)34)17-24-27(35)33(28(37)38-24)12-10-20-6-8-21(36-4)9-7-20/h6-9,17H,5,10-16H2,1-4H3/b24-17-. The van der Waals surface area contributed by atoms with Gasteiger partial charge >= 0.3 is 0 Å². The van der Waals surface area contributed by atoms with Crippen LogP contribution in [0.3, 0.4) is 0 Å². The highest BCUT2D eigenvalue weighted by Crippen LogP contribution is 2.36. The average molecular weight is 552 g/mol. The van der Waals surface area contributed by atoms with Crippen molar-refractivity contribution in [1.29, 1.82) is 5.26 Å². The maximum Gasteiger partial charge on any atom is 0.270 e. The van der Waals surface area contributed by atoms with Gasteiger partial charge in [0.25, 0.3) is 11.5 Å². The van der Waals surface area contributed by atoms with Gasteiger partial charge in [0.2, 0.25) is 0 Å². The molecule has 4 rings (SSSR count). The second kappa shape index (κ2) is 12.2. The third-order valence-electron chi connectivity index (χ3n) is 7.03. The fraction of sp³-hybridized carbons (Fsp3) is 0.429. The highest BCUT2D eigenvalue weighted by atomic mass is 32.2. The Kier molecular flexibility index (Phi) is 8.92. The van der Waals surface area contributed by atoms with Crippen LogP contribution in [0.5, 0.6) is 5.75 Å². The van der Waals surface area contributed by atoms with Crippen molar-refractivity contribution < 1.29 is 9.53 Å². The number of nitrogens with zero attached hydrogens (tertiary/aromatic N) is 5. The van der Waals surface area contributed by atoms with Crippen molar-refractivity contribution in [3.05, 3.63) is 61.8 Å². The number of nitriles is 1. The summed E-state index contributed by atoms with van der Waals surface area (Å²) in [5.74, 6) is 1.42. The highest BCUT2D eigenvalue weighted by Gasteiger charge is 2.33. The molecular weight excluding hydrogens is 518 g/mol. The largest absolute Gasteiger partial charge is 0.497 e. The number of rotatable bonds is 8. The molecule has 0 spiro atoms. The summed E-state index contributed by atoms with van der Waals surface area (Å²) in [6.07, 6.45) is 3.25. The molecule has 2 aliphatic rings. The first kappa shape index (κ1) is 27.9. The fourth-order valence-electron chi connectivity index (χ4n) is 4.79. The number of anilines is 1. The lowest BCUT2D eigenvalue weighted by Crippen LogP contribution is -2.47. The number of carbonyl (C=O) groups excluding carboxylic acids is 1. The number of aromatic nitrogens is 1. The fourth-order valence-corrected chi connectivity index (χ4v) is 6.08. The average Bonchev–Trinajstić information content (AvgIpc) is 3.18. The molecule has 0 radical (unpaired) electrons. The summed E-state index contributed by atoms with van der Waals surface area (Å²) in [4.78, 5) is 33.4. The number of carbonyl (C=O) groups is 1. The van der Waals surface area contributed by atoms with Crippen molar-refractivity contribution in [2.75, 3.05) is 51.8 Å². The SMILES string of the molecule is CCCn1c(N2CCN(C)CC2)c(/C=C2\SC(=S)N(CCc3ccc(OC)cc3)C2=O)c(C)c(C#N)c1=O. The molecule has 1 aromatic carbocycles. The summed E-state index contributed by atoms with van der Waals surface area (Å²) in [7, 11) is 3.71. The van der Waals surface area contributed by atoms with Crippen LogP contribution in [-0.2, 0) is 17.8 Å². The van der Waals surface area contributed by atoms with E-state index in [2.05, 4.69) is 22.9 Å². The molecule has 0 saturated carbocycles. The van der Waals surface area contributed by atoms with Crippen molar-refractivity contribution in [3.63, 3.8) is 0 Å². The molecule has 8 nitrogen and oxygen atoms in total. The second-order valence-electron chi connectivity index (χ2n) is 9.53. The van der Waals surface area contributed by atoms with Crippen LogP contribution < -0.4 is 15.2 Å². The number of pyridine rings is 1. The number of ether oxygens (including phenoxy) is 1. The molecule has 0 aliphatic carbocycles. The van der Waals surface area contributed by atoms with Gasteiger partial charge in [-0.1, -0.05) is 43.0 Å². The van der Waals surface area contributed by atoms with Gasteiger partial charge in [0.15, 0.2) is 0 Å². The first-order valence-corrected chi connectivity index (χ1v) is 14.0. The van der Waals surface area contributed by atoms with Gasteiger partial charge in [-0.05, 0) is 56.1 Å². The maximum atomic E-state index is 13.5. The van der Waals surface area contributed by atoms with Crippen molar-refractivity contribution in [2.45, 2.75) is 33.2 Å². The van der Waals surface area contributed by atoms with Crippen LogP contribution >= 0.6 is 24.0 Å². The number of hydrogen-bond acceptors (Lipinski definition) is 8. The minimum atomic E-state index is -0.273. The number of methoxy groups -OCH3 is 1. The number of piperazine rings is 1. The number of likely N-dealkylation sites (N-methyl/N-ethyl adjacent to an activating group) is 1. The first-order chi connectivity index (χ1) is 18.3. The summed E-state index contributed by atoms with van der Waals surface area (Å²) >= 11 is 6.86. The lowest BCUT2D eigenvalue weighted by atomic mass is 10.0. The number of hydrogen-bond donors (Lipinski definition) is 0. The van der Waals surface area contributed by atoms with E-state index in [0.717, 1.165) is 55.3 Å². The van der Waals surface area contributed by atoms with Crippen LogP contribution in [0.1, 0.15) is 35.6 Å². The Balaban J connectivity index is 1.70. The lowest BCUT2D eigenvalue weighted by molar-refractivity contribution is -0.122. The Hall–Kier alpha value is -3.13. The summed E-state index contributed by atoms with van der Waals surface area (Å²) in [5.41, 5.74) is 2.28. The smallest absolute Gasteiger partial charge is 0.270 e. The van der Waals surface area contributed by atoms with Gasteiger partial charge in [-0.15, -0.1) is 0 Å². The molecule has 1 aromatic heterocycles. The topological polar surface area (TPSA) is 81.8 Å². The van der Waals surface area contributed by atoms with Gasteiger partial charge in [-0.25, -0.2) is 0 Å². The van der Waals surface area contributed by atoms with Crippen molar-refractivity contribution in [3.8, 4) is 11.8 Å². The number of benzene rings is 1. The number of amides is 1. The molecule has 10 heteroatoms. The van der Waals surface area contributed by atoms with E-state index in [1.54, 1.807) is 23.5 Å². The molecule has 0 atom stereocenters. The maximum absolute atomic E-state index is 13.5. The van der Waals surface area contributed by atoms with Gasteiger partial charge in [-0.2, -0.15) is 5.26 Å². The zero-order valence-corrected chi connectivity index (χ0v) is 24.0. The molecule has 2 aromatic rings. The zero-order valence-electron chi connectivity index (χ0n) is 22.3. The van der Waals surface area contributed by atoms with E-state index in [1.165, 1.54) is 11.8 Å². The van der Waals surface area contributed by atoms with Gasteiger partial charge in [0.05, 0.1) is 12.0 Å². The van der Waals surface area contributed by atoms with Crippen LogP contribution in [0.25, 0.3) is 6.08 Å². The van der Waals surface area contributed by atoms with E-state index in [1.807, 2.05) is 37.3 Å². The molecular formula is C28H33N5O3S2. The third-order valence-corrected chi connectivity index (χ3v) is 8.41. The Morgan fingerprint density at radius 1 is 1.13 bits per heavy atom. The Morgan fingerprint density at radius 2 is 1.82 bits per heavy atom. The molecule has 1 amide bonds. The van der Waals surface area contributed by atoms with Gasteiger partial charge in [0, 0.05) is 44.8 Å². The van der Waals surface area contributed by atoms with E-state index in [-0.39, 0.29) is 17.0 Å². The molecule has 0 bridgehead atoms. The zero-order chi connectivity index (χ0) is 27.4. The molecule has 38 heavy (non-hydrogen) atoms. The van der Waals surface area contributed by atoms with Crippen LogP contribution in [0.2, 0.25) is 0 Å². The predicted molar refractivity (Wildman–Crippen MR) is 157 cm³/mol. The second-order valence-corrected chi connectivity index (χ2v) is 11.2. The molecule has 0 unspecified atom stereocenters. The molecule has 200 valence electrons. The summed E-state index contributed by atoms with van der Waals surface area (Å²) < 4.78 is 7.45. The van der Waals surface area contributed by atoms with Gasteiger partial charge < -0.3 is 14.5 Å². The Bertz CT molecular complexity index is 1350. The van der Waals surface area contributed by atoms with E-state index < -0.39 is 0 Å². The minimum absolute atomic E-state index is 0.123. The number of thioether (sulfide) groups is 1. The van der Waals surface area contributed by atoms with E-state index in [4.69, 9.17) is 17.0 Å². The Labute approximate surface area is 233 Å². The minimum Gasteiger partial charge on any atom is -0.497 e. The molecule has 2 fully saturated rings. The summed E-state index contributed by atoms with van der Waals surface area (Å²) in [5, 5.41) is 9.85. The molecule has 2 aliphatic heterocycles. The van der Waals surface area contributed by atoms with Crippen LogP contribution in [0, 0.1) is 18.3 Å². The van der Waals surface area contributed by atoms with Crippen LogP contribution in [-0.4, -0.2) is 71.5 Å². The lowest BCUT2D eigenvalue weighted by Gasteiger charge is -2.36. The normalized spacial score (nSPS) is 17.4. The van der Waals surface area contributed by atoms with Crippen LogP contribution in [0.4, 0.5) is 5.82 Å². The van der Waals surface area contributed by atoms with Gasteiger partial charge in [-0.3, -0.25) is 19.1 Å². The summed E-state index contributed by atoms with van der Waals surface area (Å²) in [6.45, 7) is 8.03. The summed E-state index contributed by atoms with van der Waals surface area (Å²) in [6, 6.07) is 9.89. The van der Waals surface area contributed by atoms with Crippen molar-refractivity contribution in [1.82, 2.24) is 14.4 Å².